The molecule has 1 rings (SSSR count). The Hall–Kier alpha value is -1.97. The van der Waals surface area contributed by atoms with Crippen LogP contribution in [-0.2, 0) is 19.6 Å². The number of anilines is 1. The molecule has 24 heavy (non-hydrogen) atoms. The van der Waals surface area contributed by atoms with Crippen LogP contribution in [0.25, 0.3) is 0 Å². The Morgan fingerprint density at radius 3 is 2.42 bits per heavy atom. The lowest BCUT2D eigenvalue weighted by atomic mass is 10.3. The second-order valence-corrected chi connectivity index (χ2v) is 7.62. The van der Waals surface area contributed by atoms with Crippen LogP contribution in [0.2, 0.25) is 0 Å². The van der Waals surface area contributed by atoms with Gasteiger partial charge >= 0.3 is 5.97 Å². The highest BCUT2D eigenvalue weighted by Gasteiger charge is 2.18. The zero-order chi connectivity index (χ0) is 18.3. The van der Waals surface area contributed by atoms with Crippen molar-refractivity contribution in [1.82, 2.24) is 9.21 Å². The average molecular weight is 357 g/mol. The third-order valence-electron chi connectivity index (χ3n) is 3.16. The fourth-order valence-corrected chi connectivity index (χ4v) is 3.02. The van der Waals surface area contributed by atoms with Gasteiger partial charge in [-0.1, -0.05) is 13.0 Å². The lowest BCUT2D eigenvalue weighted by Crippen LogP contribution is -2.37. The molecule has 0 aliphatic heterocycles. The van der Waals surface area contributed by atoms with Gasteiger partial charge in [0.25, 0.3) is 0 Å². The predicted molar refractivity (Wildman–Crippen MR) is 90.3 cm³/mol. The zero-order valence-electron chi connectivity index (χ0n) is 14.0. The molecule has 1 amide bonds. The van der Waals surface area contributed by atoms with Gasteiger partial charge in [-0.15, -0.1) is 0 Å². The van der Waals surface area contributed by atoms with Crippen LogP contribution in [0.4, 0.5) is 5.69 Å². The summed E-state index contributed by atoms with van der Waals surface area (Å²) >= 11 is 0. The van der Waals surface area contributed by atoms with Gasteiger partial charge in [-0.3, -0.25) is 14.5 Å². The topological polar surface area (TPSA) is 107 Å². The molecule has 0 unspecified atom stereocenters. The number of hydrogen-bond donors (Lipinski definition) is 2. The lowest BCUT2D eigenvalue weighted by Gasteiger charge is -2.19. The van der Waals surface area contributed by atoms with Crippen molar-refractivity contribution >= 4 is 27.6 Å². The van der Waals surface area contributed by atoms with Crippen LogP contribution >= 0.6 is 0 Å². The summed E-state index contributed by atoms with van der Waals surface area (Å²) in [6, 6.07) is 5.92. The van der Waals surface area contributed by atoms with Gasteiger partial charge in [0, 0.05) is 19.8 Å². The molecule has 1 aromatic carbocycles. The number of aliphatic carboxylic acids is 1. The molecule has 0 radical (unpaired) electrons. The lowest BCUT2D eigenvalue weighted by molar-refractivity contribution is -0.138. The highest BCUT2D eigenvalue weighted by molar-refractivity contribution is 7.89. The Labute approximate surface area is 142 Å². The smallest absolute Gasteiger partial charge is 0.317 e. The number of carboxylic acids is 1. The molecule has 8 nitrogen and oxygen atoms in total. The molecular weight excluding hydrogens is 334 g/mol. The predicted octanol–water partition coefficient (Wildman–Crippen LogP) is 0.672. The molecule has 0 aliphatic rings. The number of carboxylic acid groups (broad SMARTS) is 1. The van der Waals surface area contributed by atoms with Crippen LogP contribution in [0.15, 0.2) is 29.2 Å². The van der Waals surface area contributed by atoms with E-state index in [-0.39, 0.29) is 18.0 Å². The molecule has 0 atom stereocenters. The van der Waals surface area contributed by atoms with Gasteiger partial charge in [0.05, 0.1) is 18.0 Å². The molecule has 0 spiro atoms. The van der Waals surface area contributed by atoms with E-state index in [1.165, 1.54) is 37.2 Å². The van der Waals surface area contributed by atoms with Crippen molar-refractivity contribution in [1.29, 1.82) is 0 Å². The third kappa shape index (κ3) is 5.91. The Balaban J connectivity index is 2.82. The summed E-state index contributed by atoms with van der Waals surface area (Å²) in [6.07, 6.45) is 0.719. The summed E-state index contributed by atoms with van der Waals surface area (Å²) in [5.41, 5.74) is 0.342. The summed E-state index contributed by atoms with van der Waals surface area (Å²) in [5.74, 6) is -1.40. The Morgan fingerprint density at radius 1 is 1.21 bits per heavy atom. The highest BCUT2D eigenvalue weighted by atomic mass is 32.2. The first-order chi connectivity index (χ1) is 11.2. The molecule has 0 bridgehead atoms. The van der Waals surface area contributed by atoms with Crippen molar-refractivity contribution in [3.8, 4) is 0 Å². The van der Waals surface area contributed by atoms with Crippen LogP contribution in [0.1, 0.15) is 13.3 Å². The van der Waals surface area contributed by atoms with Crippen LogP contribution in [0, 0.1) is 0 Å². The van der Waals surface area contributed by atoms with Crippen molar-refractivity contribution in [3.63, 3.8) is 0 Å². The summed E-state index contributed by atoms with van der Waals surface area (Å²) in [5, 5.41) is 11.4. The summed E-state index contributed by atoms with van der Waals surface area (Å²) < 4.78 is 25.3. The maximum atomic E-state index is 12.1. The van der Waals surface area contributed by atoms with Crippen molar-refractivity contribution in [2.45, 2.75) is 18.2 Å². The van der Waals surface area contributed by atoms with E-state index in [0.717, 1.165) is 10.7 Å². The summed E-state index contributed by atoms with van der Waals surface area (Å²) in [6.45, 7) is 2.07. The van der Waals surface area contributed by atoms with E-state index in [0.29, 0.717) is 12.2 Å². The quantitative estimate of drug-likeness (QED) is 0.673. The van der Waals surface area contributed by atoms with E-state index in [9.17, 15) is 18.0 Å². The molecule has 0 heterocycles. The number of nitrogens with one attached hydrogen (secondary N) is 1. The molecule has 9 heteroatoms. The fraction of sp³-hybridized carbons (Fsp3) is 0.467. The number of nitrogens with zero attached hydrogens (tertiary/aromatic N) is 2. The molecule has 0 fully saturated rings. The largest absolute Gasteiger partial charge is 0.480 e. The summed E-state index contributed by atoms with van der Waals surface area (Å²) in [7, 11) is -0.737. The first-order valence-electron chi connectivity index (χ1n) is 7.43. The SMILES string of the molecule is CCCN(CC(=O)O)CC(=O)Nc1cccc(S(=O)(=O)N(C)C)c1. The van der Waals surface area contributed by atoms with E-state index in [2.05, 4.69) is 5.32 Å². The van der Waals surface area contributed by atoms with E-state index >= 15 is 0 Å². The number of hydrogen-bond acceptors (Lipinski definition) is 5. The van der Waals surface area contributed by atoms with Crippen LogP contribution in [0.3, 0.4) is 0 Å². The standard InChI is InChI=1S/C15H23N3O5S/c1-4-8-18(11-15(20)21)10-14(19)16-12-6-5-7-13(9-12)24(22,23)17(2)3/h5-7,9H,4,8,10-11H2,1-3H3,(H,16,19)(H,20,21). The number of rotatable bonds is 9. The second-order valence-electron chi connectivity index (χ2n) is 5.47. The fourth-order valence-electron chi connectivity index (χ4n) is 2.07. The minimum atomic E-state index is -3.59. The number of benzene rings is 1. The number of carbonyl (C=O) groups excluding carboxylic acids is 1. The van der Waals surface area contributed by atoms with E-state index in [1.54, 1.807) is 6.07 Å². The van der Waals surface area contributed by atoms with Gasteiger partial charge in [0.1, 0.15) is 0 Å². The Bertz CT molecular complexity index is 688. The molecule has 0 saturated carbocycles. The normalized spacial score (nSPS) is 11.7. The molecule has 2 N–H and O–H groups in total. The van der Waals surface area contributed by atoms with E-state index in [4.69, 9.17) is 5.11 Å². The molecular formula is C15H23N3O5S. The first kappa shape index (κ1) is 20.1. The third-order valence-corrected chi connectivity index (χ3v) is 4.97. The van der Waals surface area contributed by atoms with Crippen LogP contribution in [0.5, 0.6) is 0 Å². The highest BCUT2D eigenvalue weighted by Crippen LogP contribution is 2.17. The van der Waals surface area contributed by atoms with Crippen molar-refractivity contribution in [2.24, 2.45) is 0 Å². The minimum absolute atomic E-state index is 0.0706. The van der Waals surface area contributed by atoms with Crippen molar-refractivity contribution in [2.75, 3.05) is 39.0 Å². The van der Waals surface area contributed by atoms with Gasteiger partial charge in [0.2, 0.25) is 15.9 Å². The van der Waals surface area contributed by atoms with Gasteiger partial charge in [0.15, 0.2) is 0 Å². The van der Waals surface area contributed by atoms with Crippen molar-refractivity contribution < 1.29 is 23.1 Å². The average Bonchev–Trinajstić information content (AvgIpc) is 2.46. The molecule has 0 saturated heterocycles. The van der Waals surface area contributed by atoms with E-state index in [1.807, 2.05) is 6.92 Å². The van der Waals surface area contributed by atoms with Crippen molar-refractivity contribution in [3.05, 3.63) is 24.3 Å². The number of carbonyl (C=O) groups is 2. The maximum Gasteiger partial charge on any atom is 0.317 e. The minimum Gasteiger partial charge on any atom is -0.480 e. The van der Waals surface area contributed by atoms with Gasteiger partial charge in [-0.25, -0.2) is 12.7 Å². The molecule has 0 aliphatic carbocycles. The van der Waals surface area contributed by atoms with Gasteiger partial charge in [-0.2, -0.15) is 0 Å². The molecule has 0 aromatic heterocycles. The maximum absolute atomic E-state index is 12.1. The van der Waals surface area contributed by atoms with Gasteiger partial charge < -0.3 is 10.4 Å². The Morgan fingerprint density at radius 2 is 1.88 bits per heavy atom. The monoisotopic (exact) mass is 357 g/mol. The van der Waals surface area contributed by atoms with Gasteiger partial charge in [-0.05, 0) is 31.2 Å². The first-order valence-corrected chi connectivity index (χ1v) is 8.87. The second kappa shape index (κ2) is 8.76. The molecule has 1 aromatic rings. The van der Waals surface area contributed by atoms with Crippen LogP contribution < -0.4 is 5.32 Å². The van der Waals surface area contributed by atoms with Crippen LogP contribution in [-0.4, -0.2) is 68.3 Å². The summed E-state index contributed by atoms with van der Waals surface area (Å²) in [4.78, 5) is 24.4. The molecule has 134 valence electrons. The Kier molecular flexibility index (Phi) is 7.33. The number of amides is 1. The van der Waals surface area contributed by atoms with E-state index < -0.39 is 21.9 Å². The number of sulfonamides is 1. The zero-order valence-corrected chi connectivity index (χ0v) is 14.8.